The van der Waals surface area contributed by atoms with Gasteiger partial charge in [0.25, 0.3) is 0 Å². The van der Waals surface area contributed by atoms with Gasteiger partial charge in [-0.25, -0.2) is 0 Å². The molecule has 0 saturated heterocycles. The zero-order valence-corrected chi connectivity index (χ0v) is 14.8. The lowest BCUT2D eigenvalue weighted by Crippen LogP contribution is -2.33. The first-order valence-corrected chi connectivity index (χ1v) is 8.47. The maximum Gasteiger partial charge on any atom is 0.147 e. The van der Waals surface area contributed by atoms with Gasteiger partial charge in [0.1, 0.15) is 11.6 Å². The first kappa shape index (κ1) is 16.6. The second kappa shape index (κ2) is 5.70. The largest absolute Gasteiger partial charge is 0.298 e. The zero-order valence-electron chi connectivity index (χ0n) is 14.8. The van der Waals surface area contributed by atoms with E-state index in [-0.39, 0.29) is 11.6 Å². The molecular weight excluding hydrogens is 296 g/mol. The van der Waals surface area contributed by atoms with Crippen molar-refractivity contribution in [3.8, 4) is 0 Å². The summed E-state index contributed by atoms with van der Waals surface area (Å²) >= 11 is 0. The molecule has 0 unspecified atom stereocenters. The van der Waals surface area contributed by atoms with E-state index in [1.54, 1.807) is 0 Å². The van der Waals surface area contributed by atoms with Gasteiger partial charge >= 0.3 is 0 Å². The van der Waals surface area contributed by atoms with Crippen molar-refractivity contribution in [3.05, 3.63) is 70.8 Å². The number of ketones is 2. The molecule has 0 heterocycles. The average molecular weight is 320 g/mol. The molecule has 4 bridgehead atoms. The highest BCUT2D eigenvalue weighted by Gasteiger charge is 2.33. The number of rotatable bonds is 0. The van der Waals surface area contributed by atoms with E-state index in [0.717, 1.165) is 22.3 Å². The van der Waals surface area contributed by atoms with Crippen molar-refractivity contribution in [1.29, 1.82) is 0 Å². The summed E-state index contributed by atoms with van der Waals surface area (Å²) < 4.78 is 0. The number of benzene rings is 2. The van der Waals surface area contributed by atoms with Gasteiger partial charge in [-0.2, -0.15) is 0 Å². The van der Waals surface area contributed by atoms with Crippen LogP contribution in [0.2, 0.25) is 0 Å². The molecule has 0 fully saturated rings. The smallest absolute Gasteiger partial charge is 0.147 e. The Kier molecular flexibility index (Phi) is 3.95. The quantitative estimate of drug-likeness (QED) is 0.730. The summed E-state index contributed by atoms with van der Waals surface area (Å²) in [6, 6.07) is 15.8. The van der Waals surface area contributed by atoms with Crippen LogP contribution < -0.4 is 0 Å². The Bertz CT molecular complexity index is 743. The van der Waals surface area contributed by atoms with E-state index in [1.807, 2.05) is 76.2 Å². The van der Waals surface area contributed by atoms with Crippen molar-refractivity contribution in [3.63, 3.8) is 0 Å². The molecule has 0 atom stereocenters. The highest BCUT2D eigenvalue weighted by molar-refractivity contribution is 5.93. The maximum absolute atomic E-state index is 12.9. The third-order valence-corrected chi connectivity index (χ3v) is 5.42. The Hall–Kier alpha value is -2.22. The van der Waals surface area contributed by atoms with Gasteiger partial charge in [-0.3, -0.25) is 9.59 Å². The van der Waals surface area contributed by atoms with Gasteiger partial charge in [0, 0.05) is 23.7 Å². The van der Waals surface area contributed by atoms with Gasteiger partial charge in [-0.1, -0.05) is 48.5 Å². The Balaban J connectivity index is 2.18. The molecule has 1 aliphatic rings. The molecule has 0 saturated carbocycles. The van der Waals surface area contributed by atoms with Gasteiger partial charge in [0.15, 0.2) is 0 Å². The second-order valence-electron chi connectivity index (χ2n) is 7.85. The van der Waals surface area contributed by atoms with Crippen molar-refractivity contribution >= 4 is 11.6 Å². The van der Waals surface area contributed by atoms with E-state index in [1.165, 1.54) is 0 Å². The SMILES string of the molecule is CC1(C)C(=O)Cc2cccc(c2)C(C)(C)C(=O)Cc2cccc1c2. The van der Waals surface area contributed by atoms with E-state index >= 15 is 0 Å². The van der Waals surface area contributed by atoms with Crippen molar-refractivity contribution in [2.24, 2.45) is 0 Å². The fraction of sp³-hybridized carbons (Fsp3) is 0.364. The lowest BCUT2D eigenvalue weighted by molar-refractivity contribution is -0.123. The van der Waals surface area contributed by atoms with Gasteiger partial charge < -0.3 is 0 Å². The highest BCUT2D eigenvalue weighted by Crippen LogP contribution is 2.31. The van der Waals surface area contributed by atoms with Crippen LogP contribution in [0.1, 0.15) is 49.9 Å². The summed E-state index contributed by atoms with van der Waals surface area (Å²) in [5.74, 6) is 0.392. The molecule has 1 aliphatic carbocycles. The average Bonchev–Trinajstić information content (AvgIpc) is 2.54. The number of hydrogen-bond acceptors (Lipinski definition) is 2. The third-order valence-electron chi connectivity index (χ3n) is 5.42. The summed E-state index contributed by atoms with van der Waals surface area (Å²) in [5.41, 5.74) is 2.78. The van der Waals surface area contributed by atoms with Crippen LogP contribution in [-0.4, -0.2) is 11.6 Å². The molecule has 3 rings (SSSR count). The first-order valence-electron chi connectivity index (χ1n) is 8.47. The van der Waals surface area contributed by atoms with Gasteiger partial charge in [0.05, 0.1) is 0 Å². The normalized spacial score (nSPS) is 19.3. The van der Waals surface area contributed by atoms with Crippen molar-refractivity contribution < 1.29 is 9.59 Å². The molecule has 2 nitrogen and oxygen atoms in total. The molecule has 2 heteroatoms. The van der Waals surface area contributed by atoms with Crippen LogP contribution in [0.5, 0.6) is 0 Å². The summed E-state index contributed by atoms with van der Waals surface area (Å²) in [5, 5.41) is 0. The van der Waals surface area contributed by atoms with E-state index in [2.05, 4.69) is 0 Å². The minimum absolute atomic E-state index is 0.196. The highest BCUT2D eigenvalue weighted by atomic mass is 16.1. The van der Waals surface area contributed by atoms with Gasteiger partial charge in [0.2, 0.25) is 0 Å². The molecule has 2 aromatic rings. The van der Waals surface area contributed by atoms with E-state index in [0.29, 0.717) is 12.8 Å². The predicted octanol–water partition coefficient (Wildman–Crippen LogP) is 4.18. The fourth-order valence-electron chi connectivity index (χ4n) is 3.27. The molecule has 0 radical (unpaired) electrons. The minimum Gasteiger partial charge on any atom is -0.298 e. The number of hydrogen-bond donors (Lipinski definition) is 0. The van der Waals surface area contributed by atoms with Crippen molar-refractivity contribution in [1.82, 2.24) is 0 Å². The first-order chi connectivity index (χ1) is 11.2. The van der Waals surface area contributed by atoms with Crippen LogP contribution >= 0.6 is 0 Å². The van der Waals surface area contributed by atoms with E-state index in [9.17, 15) is 9.59 Å². The number of Topliss-reactive ketones (excluding diaryl/α,β-unsaturated/α-hetero) is 2. The molecule has 124 valence electrons. The van der Waals surface area contributed by atoms with Crippen LogP contribution in [0.4, 0.5) is 0 Å². The lowest BCUT2D eigenvalue weighted by atomic mass is 9.74. The molecule has 0 N–H and O–H groups in total. The Morgan fingerprint density at radius 1 is 0.667 bits per heavy atom. The van der Waals surface area contributed by atoms with E-state index < -0.39 is 10.8 Å². The van der Waals surface area contributed by atoms with Crippen LogP contribution in [0.15, 0.2) is 48.5 Å². The van der Waals surface area contributed by atoms with Crippen molar-refractivity contribution in [2.45, 2.75) is 51.4 Å². The minimum atomic E-state index is -0.566. The number of fused-ring (bicyclic) bond motifs is 4. The number of carbonyl (C=O) groups excluding carboxylic acids is 2. The monoisotopic (exact) mass is 320 g/mol. The molecule has 0 aliphatic heterocycles. The molecular formula is C22H24O2. The standard InChI is InChI=1S/C22H24O2/c1-21(2)17-9-5-7-15(11-17)14-20(24)22(3,4)18-10-6-8-16(12-18)13-19(21)23/h5-12H,13-14H2,1-4H3. The molecule has 24 heavy (non-hydrogen) atoms. The van der Waals surface area contributed by atoms with Gasteiger partial charge in [-0.05, 0) is 49.9 Å². The number of carbonyl (C=O) groups is 2. The summed E-state index contributed by atoms with van der Waals surface area (Å²) in [6.07, 6.45) is 0.769. The zero-order chi connectivity index (χ0) is 17.5. The summed E-state index contributed by atoms with van der Waals surface area (Å²) in [4.78, 5) is 25.8. The lowest BCUT2D eigenvalue weighted by Gasteiger charge is -2.28. The maximum atomic E-state index is 12.9. The molecule has 0 amide bonds. The van der Waals surface area contributed by atoms with Gasteiger partial charge in [-0.15, -0.1) is 0 Å². The topological polar surface area (TPSA) is 34.1 Å². The molecule has 0 spiro atoms. The van der Waals surface area contributed by atoms with Crippen LogP contribution in [0.3, 0.4) is 0 Å². The van der Waals surface area contributed by atoms with Crippen LogP contribution in [0, 0.1) is 0 Å². The fourth-order valence-corrected chi connectivity index (χ4v) is 3.27. The second-order valence-corrected chi connectivity index (χ2v) is 7.85. The Labute approximate surface area is 143 Å². The summed E-state index contributed by atoms with van der Waals surface area (Å²) in [6.45, 7) is 7.87. The Morgan fingerprint density at radius 2 is 1.04 bits per heavy atom. The van der Waals surface area contributed by atoms with Crippen molar-refractivity contribution in [2.75, 3.05) is 0 Å². The molecule has 0 aromatic heterocycles. The summed E-state index contributed by atoms with van der Waals surface area (Å²) in [7, 11) is 0. The van der Waals surface area contributed by atoms with Crippen LogP contribution in [-0.2, 0) is 33.3 Å². The van der Waals surface area contributed by atoms with E-state index in [4.69, 9.17) is 0 Å². The van der Waals surface area contributed by atoms with Crippen LogP contribution in [0.25, 0.3) is 0 Å². The predicted molar refractivity (Wildman–Crippen MR) is 96.4 cm³/mol. The third kappa shape index (κ3) is 2.82. The molecule has 2 aromatic carbocycles. The Morgan fingerprint density at radius 3 is 1.42 bits per heavy atom.